The van der Waals surface area contributed by atoms with Crippen LogP contribution in [0.3, 0.4) is 0 Å². The SMILES string of the molecule is O=C1c2ccccc2C(=O)c2c(O)c(NCCC[NH+]3CCOCC3)cc(O)c21. The molecule has 1 aliphatic carbocycles. The van der Waals surface area contributed by atoms with Crippen molar-refractivity contribution in [1.82, 2.24) is 0 Å². The van der Waals surface area contributed by atoms with Crippen LogP contribution in [0.2, 0.25) is 0 Å². The molecule has 2 aliphatic rings. The van der Waals surface area contributed by atoms with Crippen molar-refractivity contribution >= 4 is 17.3 Å². The van der Waals surface area contributed by atoms with Crippen LogP contribution in [0.25, 0.3) is 0 Å². The minimum atomic E-state index is -0.459. The smallest absolute Gasteiger partial charge is 0.198 e. The second kappa shape index (κ2) is 7.61. The molecular formula is C21H23N2O5+. The number of phenols is 2. The van der Waals surface area contributed by atoms with Crippen LogP contribution in [0.4, 0.5) is 5.69 Å². The Balaban J connectivity index is 1.54. The Labute approximate surface area is 162 Å². The van der Waals surface area contributed by atoms with Crippen molar-refractivity contribution in [2.75, 3.05) is 44.7 Å². The number of hydrogen-bond donors (Lipinski definition) is 4. The molecule has 0 aromatic heterocycles. The average molecular weight is 383 g/mol. The number of carbonyl (C=O) groups excluding carboxylic acids is 2. The first-order chi connectivity index (χ1) is 13.6. The van der Waals surface area contributed by atoms with E-state index >= 15 is 0 Å². The summed E-state index contributed by atoms with van der Waals surface area (Å²) in [7, 11) is 0. The molecule has 1 heterocycles. The van der Waals surface area contributed by atoms with Gasteiger partial charge in [0, 0.05) is 30.2 Å². The molecule has 0 atom stereocenters. The number of ketones is 2. The highest BCUT2D eigenvalue weighted by Crippen LogP contribution is 2.42. The van der Waals surface area contributed by atoms with Crippen molar-refractivity contribution in [2.45, 2.75) is 6.42 Å². The van der Waals surface area contributed by atoms with E-state index in [4.69, 9.17) is 4.74 Å². The summed E-state index contributed by atoms with van der Waals surface area (Å²) in [5.74, 6) is -1.51. The lowest BCUT2D eigenvalue weighted by atomic mass is 9.82. The zero-order valence-corrected chi connectivity index (χ0v) is 15.5. The summed E-state index contributed by atoms with van der Waals surface area (Å²) in [6.45, 7) is 5.08. The van der Waals surface area contributed by atoms with Crippen LogP contribution in [0.5, 0.6) is 11.5 Å². The summed E-state index contributed by atoms with van der Waals surface area (Å²) in [5.41, 5.74) is 0.468. The quantitative estimate of drug-likeness (QED) is 0.292. The molecule has 0 amide bonds. The predicted molar refractivity (Wildman–Crippen MR) is 103 cm³/mol. The summed E-state index contributed by atoms with van der Waals surface area (Å²) in [5, 5.41) is 24.1. The second-order valence-corrected chi connectivity index (χ2v) is 7.14. The summed E-state index contributed by atoms with van der Waals surface area (Å²) in [4.78, 5) is 27.0. The molecule has 146 valence electrons. The zero-order valence-electron chi connectivity index (χ0n) is 15.5. The molecule has 4 N–H and O–H groups in total. The number of benzene rings is 2. The van der Waals surface area contributed by atoms with Crippen molar-refractivity contribution in [2.24, 2.45) is 0 Å². The molecule has 0 spiro atoms. The third kappa shape index (κ3) is 3.23. The van der Waals surface area contributed by atoms with Crippen LogP contribution in [-0.4, -0.2) is 61.2 Å². The van der Waals surface area contributed by atoms with Gasteiger partial charge in [0.2, 0.25) is 0 Å². The van der Waals surface area contributed by atoms with Crippen LogP contribution in [-0.2, 0) is 4.74 Å². The maximum Gasteiger partial charge on any atom is 0.198 e. The fourth-order valence-corrected chi connectivity index (χ4v) is 3.86. The molecule has 1 aliphatic heterocycles. The number of phenolic OH excluding ortho intramolecular Hbond substituents is 2. The molecule has 0 unspecified atom stereocenters. The number of fused-ring (bicyclic) bond motifs is 2. The second-order valence-electron chi connectivity index (χ2n) is 7.14. The third-order valence-electron chi connectivity index (χ3n) is 5.37. The topological polar surface area (TPSA) is 100 Å². The standard InChI is InChI=1S/C21H22N2O5/c24-16-12-15(22-6-3-7-23-8-10-28-11-9-23)21(27)18-17(16)19(25)13-4-1-2-5-14(13)20(18)26/h1-2,4-5,12,22,24,27H,3,6-11H2/p+1. The summed E-state index contributed by atoms with van der Waals surface area (Å²) >= 11 is 0. The monoisotopic (exact) mass is 383 g/mol. The van der Waals surface area contributed by atoms with E-state index in [0.717, 1.165) is 39.3 Å². The van der Waals surface area contributed by atoms with Gasteiger partial charge in [0.1, 0.15) is 18.8 Å². The minimum absolute atomic E-state index is 0.134. The van der Waals surface area contributed by atoms with Crippen LogP contribution < -0.4 is 10.2 Å². The number of ether oxygens (including phenoxy) is 1. The van der Waals surface area contributed by atoms with Crippen molar-refractivity contribution in [1.29, 1.82) is 0 Å². The van der Waals surface area contributed by atoms with Crippen molar-refractivity contribution in [3.63, 3.8) is 0 Å². The Morgan fingerprint density at radius 2 is 1.64 bits per heavy atom. The molecule has 2 aromatic carbocycles. The minimum Gasteiger partial charge on any atom is -0.507 e. The highest BCUT2D eigenvalue weighted by Gasteiger charge is 2.35. The Bertz CT molecular complexity index is 935. The van der Waals surface area contributed by atoms with E-state index in [9.17, 15) is 19.8 Å². The highest BCUT2D eigenvalue weighted by atomic mass is 16.5. The molecule has 0 bridgehead atoms. The number of rotatable bonds is 5. The first kappa shape index (κ1) is 18.5. The fraction of sp³-hybridized carbons (Fsp3) is 0.333. The maximum absolute atomic E-state index is 12.8. The molecule has 2 aromatic rings. The average Bonchev–Trinajstić information content (AvgIpc) is 2.72. The van der Waals surface area contributed by atoms with Gasteiger partial charge in [-0.05, 0) is 0 Å². The lowest BCUT2D eigenvalue weighted by Gasteiger charge is -2.24. The van der Waals surface area contributed by atoms with Crippen molar-refractivity contribution in [3.8, 4) is 11.5 Å². The van der Waals surface area contributed by atoms with E-state index in [0.29, 0.717) is 6.54 Å². The molecule has 1 fully saturated rings. The normalized spacial score (nSPS) is 16.6. The van der Waals surface area contributed by atoms with E-state index in [1.165, 1.54) is 11.0 Å². The number of quaternary nitrogens is 1. The van der Waals surface area contributed by atoms with Crippen molar-refractivity contribution < 1.29 is 29.4 Å². The van der Waals surface area contributed by atoms with Gasteiger partial charge >= 0.3 is 0 Å². The van der Waals surface area contributed by atoms with Gasteiger partial charge in [-0.15, -0.1) is 0 Å². The molecule has 1 saturated heterocycles. The van der Waals surface area contributed by atoms with Gasteiger partial charge in [0.15, 0.2) is 17.3 Å². The predicted octanol–water partition coefficient (Wildman–Crippen LogP) is 0.590. The Morgan fingerprint density at radius 1 is 1.00 bits per heavy atom. The van der Waals surface area contributed by atoms with E-state index in [1.54, 1.807) is 24.3 Å². The van der Waals surface area contributed by atoms with E-state index in [-0.39, 0.29) is 39.4 Å². The molecule has 4 rings (SSSR count). The molecule has 28 heavy (non-hydrogen) atoms. The maximum atomic E-state index is 12.8. The van der Waals surface area contributed by atoms with Gasteiger partial charge in [0.25, 0.3) is 0 Å². The molecule has 7 heteroatoms. The molecular weight excluding hydrogens is 360 g/mol. The Morgan fingerprint density at radius 3 is 2.32 bits per heavy atom. The van der Waals surface area contributed by atoms with Gasteiger partial charge in [-0.25, -0.2) is 0 Å². The zero-order chi connectivity index (χ0) is 19.7. The van der Waals surface area contributed by atoms with E-state index in [1.807, 2.05) is 0 Å². The molecule has 7 nitrogen and oxygen atoms in total. The molecule has 0 radical (unpaired) electrons. The number of carbonyl (C=O) groups is 2. The summed E-state index contributed by atoms with van der Waals surface area (Å²) in [6, 6.07) is 7.75. The number of hydrogen-bond acceptors (Lipinski definition) is 6. The Hall–Kier alpha value is -2.90. The van der Waals surface area contributed by atoms with Gasteiger partial charge in [0.05, 0.1) is 36.6 Å². The Kier molecular flexibility index (Phi) is 5.02. The fourth-order valence-electron chi connectivity index (χ4n) is 3.86. The van der Waals surface area contributed by atoms with Crippen LogP contribution >= 0.6 is 0 Å². The van der Waals surface area contributed by atoms with Crippen molar-refractivity contribution in [3.05, 3.63) is 52.6 Å². The van der Waals surface area contributed by atoms with Gasteiger partial charge in [-0.3, -0.25) is 9.59 Å². The number of nitrogens with one attached hydrogen (secondary N) is 2. The van der Waals surface area contributed by atoms with Gasteiger partial charge < -0.3 is 25.2 Å². The van der Waals surface area contributed by atoms with Crippen LogP contribution in [0.15, 0.2) is 30.3 Å². The van der Waals surface area contributed by atoms with E-state index < -0.39 is 11.6 Å². The van der Waals surface area contributed by atoms with E-state index in [2.05, 4.69) is 5.32 Å². The largest absolute Gasteiger partial charge is 0.507 e. The first-order valence-electron chi connectivity index (χ1n) is 9.50. The lowest BCUT2D eigenvalue weighted by molar-refractivity contribution is -0.908. The first-order valence-corrected chi connectivity index (χ1v) is 9.50. The number of morpholine rings is 1. The highest BCUT2D eigenvalue weighted by molar-refractivity contribution is 6.30. The number of aromatic hydroxyl groups is 2. The summed E-state index contributed by atoms with van der Waals surface area (Å²) in [6.07, 6.45) is 0.863. The van der Waals surface area contributed by atoms with Gasteiger partial charge in [-0.1, -0.05) is 24.3 Å². The van der Waals surface area contributed by atoms with Crippen LogP contribution in [0, 0.1) is 0 Å². The molecule has 0 saturated carbocycles. The summed E-state index contributed by atoms with van der Waals surface area (Å²) < 4.78 is 5.34. The van der Waals surface area contributed by atoms with Gasteiger partial charge in [-0.2, -0.15) is 0 Å². The third-order valence-corrected chi connectivity index (χ3v) is 5.37. The lowest BCUT2D eigenvalue weighted by Crippen LogP contribution is -3.14. The number of anilines is 1. The van der Waals surface area contributed by atoms with Crippen LogP contribution in [0.1, 0.15) is 38.3 Å².